The quantitative estimate of drug-likeness (QED) is 0.752. The Balaban J connectivity index is 1.74. The van der Waals surface area contributed by atoms with Gasteiger partial charge in [-0.3, -0.25) is 9.89 Å². The molecule has 0 saturated carbocycles. The molecular weight excluding hydrogens is 306 g/mol. The van der Waals surface area contributed by atoms with E-state index < -0.39 is 0 Å². The van der Waals surface area contributed by atoms with Crippen LogP contribution >= 0.6 is 0 Å². The van der Waals surface area contributed by atoms with Gasteiger partial charge < -0.3 is 10.1 Å². The number of hydrogen-bond acceptors (Lipinski definition) is 5. The summed E-state index contributed by atoms with van der Waals surface area (Å²) in [6.45, 7) is 8.13. The molecule has 0 aliphatic heterocycles. The van der Waals surface area contributed by atoms with Gasteiger partial charge in [-0.1, -0.05) is 12.1 Å². The highest BCUT2D eigenvalue weighted by Crippen LogP contribution is 2.14. The molecule has 0 aliphatic rings. The van der Waals surface area contributed by atoms with E-state index in [1.54, 1.807) is 13.8 Å². The molecular formula is C17H21N5O2. The summed E-state index contributed by atoms with van der Waals surface area (Å²) >= 11 is 0. The van der Waals surface area contributed by atoms with Crippen LogP contribution in [0.15, 0.2) is 29.1 Å². The van der Waals surface area contributed by atoms with E-state index in [1.807, 2.05) is 38.1 Å². The van der Waals surface area contributed by atoms with Gasteiger partial charge in [0.25, 0.3) is 11.3 Å². The monoisotopic (exact) mass is 327 g/mol. The Bertz CT molecular complexity index is 909. The summed E-state index contributed by atoms with van der Waals surface area (Å²) in [7, 11) is 0. The molecule has 0 spiro atoms. The van der Waals surface area contributed by atoms with Crippen molar-refractivity contribution in [2.24, 2.45) is 0 Å². The van der Waals surface area contributed by atoms with E-state index in [4.69, 9.17) is 4.74 Å². The predicted octanol–water partition coefficient (Wildman–Crippen LogP) is 2.43. The number of hydrogen-bond donors (Lipinski definition) is 2. The molecule has 7 nitrogen and oxygen atoms in total. The molecule has 0 atom stereocenters. The van der Waals surface area contributed by atoms with Crippen LogP contribution < -0.4 is 15.6 Å². The maximum atomic E-state index is 12.2. The molecule has 126 valence electrons. The molecule has 0 unspecified atom stereocenters. The van der Waals surface area contributed by atoms with Crippen LogP contribution in [0.1, 0.15) is 30.7 Å². The number of nitrogens with zero attached hydrogens (tertiary/aromatic N) is 3. The third-order valence-electron chi connectivity index (χ3n) is 3.72. The molecule has 2 aromatic heterocycles. The van der Waals surface area contributed by atoms with E-state index in [9.17, 15) is 4.79 Å². The van der Waals surface area contributed by atoms with Crippen LogP contribution in [0.25, 0.3) is 5.78 Å². The van der Waals surface area contributed by atoms with E-state index in [1.165, 1.54) is 4.52 Å². The molecule has 7 heteroatoms. The van der Waals surface area contributed by atoms with Gasteiger partial charge in [0.15, 0.2) is 0 Å². The van der Waals surface area contributed by atoms with E-state index in [2.05, 4.69) is 20.4 Å². The molecule has 0 saturated heterocycles. The van der Waals surface area contributed by atoms with Gasteiger partial charge in [-0.25, -0.2) is 4.98 Å². The number of anilines is 1. The second-order valence-corrected chi connectivity index (χ2v) is 6.00. The maximum absolute atomic E-state index is 12.2. The molecule has 0 amide bonds. The van der Waals surface area contributed by atoms with Crippen molar-refractivity contribution >= 4 is 11.7 Å². The Labute approximate surface area is 139 Å². The lowest BCUT2D eigenvalue weighted by molar-refractivity contribution is 0.242. The minimum absolute atomic E-state index is 0.131. The van der Waals surface area contributed by atoms with Gasteiger partial charge >= 0.3 is 0 Å². The van der Waals surface area contributed by atoms with Crippen LogP contribution in [-0.2, 0) is 6.54 Å². The number of aromatic amines is 1. The van der Waals surface area contributed by atoms with Crippen LogP contribution in [0.2, 0.25) is 0 Å². The Kier molecular flexibility index (Phi) is 4.24. The van der Waals surface area contributed by atoms with Crippen molar-refractivity contribution in [3.63, 3.8) is 0 Å². The fraction of sp³-hybridized carbons (Fsp3) is 0.353. The van der Waals surface area contributed by atoms with E-state index >= 15 is 0 Å². The summed E-state index contributed by atoms with van der Waals surface area (Å²) in [6.07, 6.45) is 0.155. The Hall–Kier alpha value is -2.83. The summed E-state index contributed by atoms with van der Waals surface area (Å²) in [5.41, 5.74) is 2.26. The van der Waals surface area contributed by atoms with Gasteiger partial charge in [0.2, 0.25) is 5.95 Å². The first kappa shape index (κ1) is 16.0. The standard InChI is InChI=1S/C17H21N5O2/c1-10(2)24-14-7-5-13(6-8-14)9-18-16-20-17-19-12(4)11(3)15(23)22(17)21-16/h5-8,10H,9H2,1-4H3,(H2,18,19,20,21). The number of fused-ring (bicyclic) bond motifs is 1. The highest BCUT2D eigenvalue weighted by Gasteiger charge is 2.09. The van der Waals surface area contributed by atoms with Gasteiger partial charge in [-0.2, -0.15) is 9.50 Å². The van der Waals surface area contributed by atoms with Crippen molar-refractivity contribution in [1.82, 2.24) is 19.6 Å². The van der Waals surface area contributed by atoms with Crippen molar-refractivity contribution < 1.29 is 4.74 Å². The molecule has 0 fully saturated rings. The van der Waals surface area contributed by atoms with Crippen LogP contribution in [-0.4, -0.2) is 25.7 Å². The van der Waals surface area contributed by atoms with E-state index in [-0.39, 0.29) is 11.7 Å². The van der Waals surface area contributed by atoms with Crippen molar-refractivity contribution in [2.75, 3.05) is 5.32 Å². The Morgan fingerprint density at radius 1 is 1.21 bits per heavy atom. The summed E-state index contributed by atoms with van der Waals surface area (Å²) < 4.78 is 6.97. The highest BCUT2D eigenvalue weighted by atomic mass is 16.5. The number of benzene rings is 1. The lowest BCUT2D eigenvalue weighted by atomic mass is 10.2. The zero-order chi connectivity index (χ0) is 17.3. The lowest BCUT2D eigenvalue weighted by Gasteiger charge is -2.10. The summed E-state index contributed by atoms with van der Waals surface area (Å²) in [5.74, 6) is 1.72. The SMILES string of the molecule is Cc1nc2nc(NCc3ccc(OC(C)C)cc3)[nH]n2c(=O)c1C. The smallest absolute Gasteiger partial charge is 0.277 e. The minimum Gasteiger partial charge on any atom is -0.491 e. The second-order valence-electron chi connectivity index (χ2n) is 6.00. The van der Waals surface area contributed by atoms with Crippen molar-refractivity contribution in [2.45, 2.75) is 40.3 Å². The third-order valence-corrected chi connectivity index (χ3v) is 3.72. The molecule has 2 heterocycles. The van der Waals surface area contributed by atoms with Crippen molar-refractivity contribution in [3.05, 3.63) is 51.4 Å². The number of H-pyrrole nitrogens is 1. The van der Waals surface area contributed by atoms with Gasteiger partial charge in [-0.15, -0.1) is 0 Å². The molecule has 0 aliphatic carbocycles. The largest absolute Gasteiger partial charge is 0.491 e. The van der Waals surface area contributed by atoms with Crippen LogP contribution in [0.3, 0.4) is 0 Å². The number of aryl methyl sites for hydroxylation is 1. The fourth-order valence-corrected chi connectivity index (χ4v) is 2.33. The highest BCUT2D eigenvalue weighted by molar-refractivity contribution is 5.39. The molecule has 2 N–H and O–H groups in total. The van der Waals surface area contributed by atoms with Gasteiger partial charge in [0, 0.05) is 17.8 Å². The summed E-state index contributed by atoms with van der Waals surface area (Å²) in [4.78, 5) is 20.8. The molecule has 0 bridgehead atoms. The van der Waals surface area contributed by atoms with Gasteiger partial charge in [0.05, 0.1) is 6.10 Å². The summed E-state index contributed by atoms with van der Waals surface area (Å²) in [5, 5.41) is 6.10. The Morgan fingerprint density at radius 2 is 1.92 bits per heavy atom. The van der Waals surface area contributed by atoms with E-state index in [0.717, 1.165) is 11.3 Å². The first-order valence-electron chi connectivity index (χ1n) is 7.89. The predicted molar refractivity (Wildman–Crippen MR) is 92.6 cm³/mol. The Morgan fingerprint density at radius 3 is 2.58 bits per heavy atom. The number of ether oxygens (including phenoxy) is 1. The first-order chi connectivity index (χ1) is 11.4. The van der Waals surface area contributed by atoms with Crippen molar-refractivity contribution in [1.29, 1.82) is 0 Å². The average Bonchev–Trinajstić information content (AvgIpc) is 2.94. The molecule has 24 heavy (non-hydrogen) atoms. The molecule has 0 radical (unpaired) electrons. The number of rotatable bonds is 5. The van der Waals surface area contributed by atoms with Crippen molar-refractivity contribution in [3.8, 4) is 5.75 Å². The topological polar surface area (TPSA) is 84.3 Å². The van der Waals surface area contributed by atoms with E-state index in [0.29, 0.717) is 29.5 Å². The minimum atomic E-state index is -0.131. The molecule has 1 aromatic carbocycles. The third kappa shape index (κ3) is 3.24. The first-order valence-corrected chi connectivity index (χ1v) is 7.89. The van der Waals surface area contributed by atoms with Crippen LogP contribution in [0.4, 0.5) is 5.95 Å². The zero-order valence-electron chi connectivity index (χ0n) is 14.3. The summed E-state index contributed by atoms with van der Waals surface area (Å²) in [6, 6.07) is 7.86. The van der Waals surface area contributed by atoms with Gasteiger partial charge in [-0.05, 0) is 45.4 Å². The second kappa shape index (κ2) is 6.35. The lowest BCUT2D eigenvalue weighted by Crippen LogP contribution is -2.19. The zero-order valence-corrected chi connectivity index (χ0v) is 14.3. The van der Waals surface area contributed by atoms with Crippen LogP contribution in [0, 0.1) is 13.8 Å². The molecule has 3 rings (SSSR count). The molecule has 3 aromatic rings. The van der Waals surface area contributed by atoms with Gasteiger partial charge in [0.1, 0.15) is 5.75 Å². The average molecular weight is 327 g/mol. The normalized spacial score (nSPS) is 11.2. The fourth-order valence-electron chi connectivity index (χ4n) is 2.33. The maximum Gasteiger partial charge on any atom is 0.277 e. The van der Waals surface area contributed by atoms with Crippen LogP contribution in [0.5, 0.6) is 5.75 Å². The number of nitrogens with one attached hydrogen (secondary N) is 2. The number of aromatic nitrogens is 4.